The molecule has 1 aromatic heterocycles. The normalized spacial score (nSPS) is 12.5. The maximum atomic E-state index is 10.4. The molecule has 0 bridgehead atoms. The van der Waals surface area contributed by atoms with Gasteiger partial charge in [-0.1, -0.05) is 0 Å². The average Bonchev–Trinajstić information content (AvgIpc) is 2.08. The van der Waals surface area contributed by atoms with E-state index in [4.69, 9.17) is 11.1 Å². The van der Waals surface area contributed by atoms with Gasteiger partial charge < -0.3 is 10.3 Å². The lowest BCUT2D eigenvalue weighted by molar-refractivity contribution is 0.549. The molecule has 0 aliphatic rings. The zero-order chi connectivity index (χ0) is 10.0. The molecule has 1 aromatic rings. The second-order valence-electron chi connectivity index (χ2n) is 2.15. The van der Waals surface area contributed by atoms with Crippen LogP contribution in [0, 0.1) is 5.41 Å². The number of hydrogen-bond donors (Lipinski definition) is 2. The minimum Gasteiger partial charge on any atom is -0.767 e. The zero-order valence-electron chi connectivity index (χ0n) is 6.28. The van der Waals surface area contributed by atoms with Gasteiger partial charge in [0.25, 0.3) is 0 Å². The number of nitrogens with one attached hydrogen (secondary N) is 1. The predicted molar refractivity (Wildman–Crippen MR) is 52.1 cm³/mol. The van der Waals surface area contributed by atoms with Crippen LogP contribution in [0.1, 0.15) is 5.56 Å². The summed E-state index contributed by atoms with van der Waals surface area (Å²) >= 11 is 0.511. The Morgan fingerprint density at radius 3 is 2.92 bits per heavy atom. The van der Waals surface area contributed by atoms with Gasteiger partial charge in [-0.15, -0.1) is 0 Å². The minimum absolute atomic E-state index is 0.0254. The van der Waals surface area contributed by atoms with Crippen molar-refractivity contribution in [3.05, 3.63) is 22.3 Å². The summed E-state index contributed by atoms with van der Waals surface area (Å²) in [5.41, 5.74) is 5.48. The molecule has 7 heteroatoms. The van der Waals surface area contributed by atoms with Crippen molar-refractivity contribution < 1.29 is 8.76 Å². The van der Waals surface area contributed by atoms with Crippen molar-refractivity contribution in [3.63, 3.8) is 0 Å². The van der Waals surface area contributed by atoms with Gasteiger partial charge in [-0.2, -0.15) is 0 Å². The lowest BCUT2D eigenvalue weighted by Gasteiger charge is -2.08. The molecule has 1 unspecified atom stereocenters. The molecule has 0 aromatic carbocycles. The fourth-order valence-electron chi connectivity index (χ4n) is 0.721. The molecule has 13 heavy (non-hydrogen) atoms. The molecule has 1 atom stereocenters. The molecule has 0 saturated heterocycles. The van der Waals surface area contributed by atoms with Crippen molar-refractivity contribution in [2.75, 3.05) is 5.73 Å². The Bertz CT molecular complexity index is 382. The summed E-state index contributed by atoms with van der Waals surface area (Å²) < 4.78 is 21.5. The quantitative estimate of drug-likeness (QED) is 0.440. The Labute approximate surface area is 85.3 Å². The molecule has 1 heterocycles. The first-order chi connectivity index (χ1) is 6.02. The number of pyridine rings is 1. The van der Waals surface area contributed by atoms with E-state index in [2.05, 4.69) is 20.9 Å². The number of hydrogen-bond acceptors (Lipinski definition) is 5. The third kappa shape index (κ3) is 2.33. The number of rotatable bonds is 1. The first-order valence-electron chi connectivity index (χ1n) is 3.11. The van der Waals surface area contributed by atoms with Crippen molar-refractivity contribution in [2.24, 2.45) is 0 Å². The highest BCUT2D eigenvalue weighted by atomic mass is 79.9. The van der Waals surface area contributed by atoms with Gasteiger partial charge >= 0.3 is 0 Å². The fraction of sp³-hybridized carbons (Fsp3) is 0. The van der Waals surface area contributed by atoms with Gasteiger partial charge in [0.05, 0.1) is 5.56 Å². The summed E-state index contributed by atoms with van der Waals surface area (Å²) in [6.07, 6.45) is 1.43. The smallest absolute Gasteiger partial charge is 0.133 e. The standard InChI is InChI=1S/C6H6BrN3O2S/c7-3-1-4(5(8)10-2-3)6(9)13(11)12/h1-2,9H,(H2,8,10)(H,11,12)/p-1. The maximum absolute atomic E-state index is 10.4. The van der Waals surface area contributed by atoms with Gasteiger partial charge in [0.2, 0.25) is 0 Å². The lowest BCUT2D eigenvalue weighted by atomic mass is 10.3. The Balaban J connectivity index is 3.21. The predicted octanol–water partition coefficient (Wildman–Crippen LogP) is 0.631. The molecule has 1 rings (SSSR count). The second-order valence-corrected chi connectivity index (χ2v) is 3.94. The summed E-state index contributed by atoms with van der Waals surface area (Å²) in [6, 6.07) is 1.43. The zero-order valence-corrected chi connectivity index (χ0v) is 8.68. The Morgan fingerprint density at radius 1 is 1.77 bits per heavy atom. The van der Waals surface area contributed by atoms with Crippen molar-refractivity contribution in [1.29, 1.82) is 5.41 Å². The molecule has 0 saturated carbocycles. The van der Waals surface area contributed by atoms with Crippen LogP contribution in [0.3, 0.4) is 0 Å². The number of nitrogen functional groups attached to an aromatic ring is 1. The van der Waals surface area contributed by atoms with E-state index in [0.717, 1.165) is 0 Å². The highest BCUT2D eigenvalue weighted by molar-refractivity contribution is 9.10. The molecule has 0 aliphatic carbocycles. The summed E-state index contributed by atoms with van der Waals surface area (Å²) in [5.74, 6) is 0.0254. The molecular weight excluding hydrogens is 258 g/mol. The van der Waals surface area contributed by atoms with Crippen LogP contribution in [0.25, 0.3) is 0 Å². The summed E-state index contributed by atoms with van der Waals surface area (Å²) in [4.78, 5) is 3.70. The van der Waals surface area contributed by atoms with Crippen molar-refractivity contribution in [2.45, 2.75) is 0 Å². The van der Waals surface area contributed by atoms with Crippen LogP contribution < -0.4 is 5.73 Å². The monoisotopic (exact) mass is 262 g/mol. The number of halogens is 1. The molecule has 3 N–H and O–H groups in total. The van der Waals surface area contributed by atoms with Crippen molar-refractivity contribution in [3.8, 4) is 0 Å². The third-order valence-electron chi connectivity index (χ3n) is 1.30. The number of nitrogens with two attached hydrogens (primary N) is 1. The number of aromatic nitrogens is 1. The van der Waals surface area contributed by atoms with Crippen molar-refractivity contribution in [1.82, 2.24) is 4.98 Å². The van der Waals surface area contributed by atoms with Crippen LogP contribution in [0.2, 0.25) is 0 Å². The molecule has 0 fully saturated rings. The highest BCUT2D eigenvalue weighted by Gasteiger charge is 2.07. The van der Waals surface area contributed by atoms with Gasteiger partial charge in [0, 0.05) is 10.7 Å². The van der Waals surface area contributed by atoms with Gasteiger partial charge in [0.1, 0.15) is 10.9 Å². The summed E-state index contributed by atoms with van der Waals surface area (Å²) in [6.45, 7) is 0. The molecule has 70 valence electrons. The lowest BCUT2D eigenvalue weighted by Crippen LogP contribution is -2.10. The maximum Gasteiger partial charge on any atom is 0.133 e. The SMILES string of the molecule is N=C(c1cc(Br)cnc1N)S(=O)[O-]. The summed E-state index contributed by atoms with van der Waals surface area (Å²) in [5, 5.41) is 6.60. The van der Waals surface area contributed by atoms with E-state index in [1.807, 2.05) is 0 Å². The first kappa shape index (κ1) is 10.3. The molecule has 0 aliphatic heterocycles. The number of anilines is 1. The largest absolute Gasteiger partial charge is 0.767 e. The van der Waals surface area contributed by atoms with Crippen LogP contribution in [0.15, 0.2) is 16.7 Å². The van der Waals surface area contributed by atoms with Gasteiger partial charge in [-0.05, 0) is 33.1 Å². The Kier molecular flexibility index (Phi) is 3.12. The van der Waals surface area contributed by atoms with E-state index < -0.39 is 16.1 Å². The second kappa shape index (κ2) is 3.95. The first-order valence-corrected chi connectivity index (χ1v) is 4.98. The molecule has 5 nitrogen and oxygen atoms in total. The van der Waals surface area contributed by atoms with Gasteiger partial charge in [-0.25, -0.2) is 4.98 Å². The van der Waals surface area contributed by atoms with E-state index >= 15 is 0 Å². The van der Waals surface area contributed by atoms with Crippen LogP contribution >= 0.6 is 15.9 Å². The highest BCUT2D eigenvalue weighted by Crippen LogP contribution is 2.16. The third-order valence-corrected chi connectivity index (χ3v) is 2.28. The van der Waals surface area contributed by atoms with Gasteiger partial charge in [-0.3, -0.25) is 9.62 Å². The van der Waals surface area contributed by atoms with Gasteiger partial charge in [0.15, 0.2) is 0 Å². The molecule has 0 spiro atoms. The van der Waals surface area contributed by atoms with Crippen LogP contribution in [-0.4, -0.2) is 18.8 Å². The van der Waals surface area contributed by atoms with Crippen LogP contribution in [0.5, 0.6) is 0 Å². The van der Waals surface area contributed by atoms with Crippen molar-refractivity contribution >= 4 is 37.9 Å². The Morgan fingerprint density at radius 2 is 2.38 bits per heavy atom. The molecule has 0 radical (unpaired) electrons. The van der Waals surface area contributed by atoms with Crippen LogP contribution in [0.4, 0.5) is 5.82 Å². The average molecular weight is 263 g/mol. The Hall–Kier alpha value is -0.790. The van der Waals surface area contributed by atoms with E-state index in [1.165, 1.54) is 12.3 Å². The number of nitrogens with zero attached hydrogens (tertiary/aromatic N) is 1. The summed E-state index contributed by atoms with van der Waals surface area (Å²) in [7, 11) is 0. The fourth-order valence-corrected chi connectivity index (χ4v) is 1.40. The van der Waals surface area contributed by atoms with E-state index in [9.17, 15) is 8.76 Å². The van der Waals surface area contributed by atoms with E-state index in [1.54, 1.807) is 0 Å². The minimum atomic E-state index is -2.59. The van der Waals surface area contributed by atoms with Crippen LogP contribution in [-0.2, 0) is 11.1 Å². The molecular formula is C6H5BrN3O2S-. The van der Waals surface area contributed by atoms with E-state index in [0.29, 0.717) is 4.47 Å². The van der Waals surface area contributed by atoms with E-state index in [-0.39, 0.29) is 11.4 Å². The topological polar surface area (TPSA) is 103 Å². The molecule has 0 amide bonds.